The zero-order valence-electron chi connectivity index (χ0n) is 14.8. The summed E-state index contributed by atoms with van der Waals surface area (Å²) in [5, 5.41) is 3.05. The number of pyridine rings is 1. The lowest BCUT2D eigenvalue weighted by atomic mass is 10.0. The summed E-state index contributed by atoms with van der Waals surface area (Å²) in [4.78, 5) is 38.5. The first-order valence-electron chi connectivity index (χ1n) is 8.35. The van der Waals surface area contributed by atoms with E-state index in [1.165, 1.54) is 36.7 Å². The second kappa shape index (κ2) is 8.46. The van der Waals surface area contributed by atoms with Crippen LogP contribution in [0.25, 0.3) is 0 Å². The van der Waals surface area contributed by atoms with E-state index in [1.54, 1.807) is 25.1 Å². The standard InChI is InChI=1S/C20H16Cl2N2O4/c1-12-6-7-24(17(25)9-12)18(20(27)23-11-14-3-2-8-28-14)19(26)15-10-13(21)4-5-16(15)22/h2-10,18H,11H2,1H3,(H,23,27). The molecular formula is C20H16Cl2N2O4. The lowest BCUT2D eigenvalue weighted by molar-refractivity contribution is -0.123. The monoisotopic (exact) mass is 418 g/mol. The summed E-state index contributed by atoms with van der Waals surface area (Å²) in [6, 6.07) is 9.28. The number of halogens is 2. The number of ketones is 1. The smallest absolute Gasteiger partial charge is 0.251 e. The summed E-state index contributed by atoms with van der Waals surface area (Å²) in [7, 11) is 0. The van der Waals surface area contributed by atoms with Crippen molar-refractivity contribution in [3.8, 4) is 0 Å². The predicted octanol–water partition coefficient (Wildman–Crippen LogP) is 3.80. The van der Waals surface area contributed by atoms with E-state index >= 15 is 0 Å². The highest BCUT2D eigenvalue weighted by Gasteiger charge is 2.31. The van der Waals surface area contributed by atoms with E-state index < -0.39 is 23.3 Å². The Balaban J connectivity index is 2.00. The van der Waals surface area contributed by atoms with Crippen LogP contribution >= 0.6 is 23.2 Å². The SMILES string of the molecule is Cc1ccn(C(C(=O)NCc2ccco2)C(=O)c2cc(Cl)ccc2Cl)c(=O)c1. The molecule has 0 aliphatic heterocycles. The second-order valence-electron chi connectivity index (χ2n) is 6.14. The van der Waals surface area contributed by atoms with E-state index in [2.05, 4.69) is 5.32 Å². The van der Waals surface area contributed by atoms with E-state index in [1.807, 2.05) is 0 Å². The molecule has 0 fully saturated rings. The normalized spacial score (nSPS) is 11.8. The molecule has 0 spiro atoms. The Hall–Kier alpha value is -2.83. The average molecular weight is 419 g/mol. The molecule has 144 valence electrons. The van der Waals surface area contributed by atoms with Gasteiger partial charge in [-0.2, -0.15) is 0 Å². The summed E-state index contributed by atoms with van der Waals surface area (Å²) < 4.78 is 6.26. The van der Waals surface area contributed by atoms with Crippen LogP contribution in [-0.2, 0) is 11.3 Å². The molecule has 0 bridgehead atoms. The van der Waals surface area contributed by atoms with E-state index in [4.69, 9.17) is 27.6 Å². The highest BCUT2D eigenvalue weighted by molar-refractivity contribution is 6.36. The van der Waals surface area contributed by atoms with Gasteiger partial charge in [0.25, 0.3) is 11.5 Å². The van der Waals surface area contributed by atoms with Gasteiger partial charge < -0.3 is 9.73 Å². The summed E-state index contributed by atoms with van der Waals surface area (Å²) in [6.45, 7) is 1.81. The zero-order chi connectivity index (χ0) is 20.3. The Morgan fingerprint density at radius 1 is 1.18 bits per heavy atom. The summed E-state index contributed by atoms with van der Waals surface area (Å²) >= 11 is 12.1. The van der Waals surface area contributed by atoms with Crippen molar-refractivity contribution in [1.82, 2.24) is 9.88 Å². The highest BCUT2D eigenvalue weighted by Crippen LogP contribution is 2.25. The molecule has 2 heterocycles. The van der Waals surface area contributed by atoms with Crippen LogP contribution in [0, 0.1) is 6.92 Å². The van der Waals surface area contributed by atoms with Crippen molar-refractivity contribution in [2.75, 3.05) is 0 Å². The Morgan fingerprint density at radius 3 is 2.64 bits per heavy atom. The number of furan rings is 1. The van der Waals surface area contributed by atoms with Crippen LogP contribution < -0.4 is 10.9 Å². The maximum atomic E-state index is 13.2. The molecule has 1 aromatic carbocycles. The highest BCUT2D eigenvalue weighted by atomic mass is 35.5. The van der Waals surface area contributed by atoms with Crippen molar-refractivity contribution in [3.63, 3.8) is 0 Å². The van der Waals surface area contributed by atoms with Gasteiger partial charge in [-0.15, -0.1) is 0 Å². The summed E-state index contributed by atoms with van der Waals surface area (Å²) in [5.74, 6) is -0.796. The molecule has 3 rings (SSSR count). The van der Waals surface area contributed by atoms with E-state index in [9.17, 15) is 14.4 Å². The molecule has 1 unspecified atom stereocenters. The minimum atomic E-state index is -1.45. The van der Waals surface area contributed by atoms with Crippen molar-refractivity contribution in [2.45, 2.75) is 19.5 Å². The number of nitrogens with zero attached hydrogens (tertiary/aromatic N) is 1. The molecule has 0 aliphatic rings. The Bertz CT molecular complexity index is 1070. The van der Waals surface area contributed by atoms with Crippen LogP contribution in [0.5, 0.6) is 0 Å². The quantitative estimate of drug-likeness (QED) is 0.487. The van der Waals surface area contributed by atoms with Crippen molar-refractivity contribution < 1.29 is 14.0 Å². The lowest BCUT2D eigenvalue weighted by Crippen LogP contribution is -2.41. The van der Waals surface area contributed by atoms with Crippen LogP contribution in [0.4, 0.5) is 0 Å². The van der Waals surface area contributed by atoms with Gasteiger partial charge in [-0.25, -0.2) is 0 Å². The molecule has 0 aliphatic carbocycles. The lowest BCUT2D eigenvalue weighted by Gasteiger charge is -2.19. The fourth-order valence-corrected chi connectivity index (χ4v) is 3.07. The van der Waals surface area contributed by atoms with Gasteiger partial charge in [0.15, 0.2) is 11.8 Å². The maximum absolute atomic E-state index is 13.2. The van der Waals surface area contributed by atoms with Gasteiger partial charge in [0.05, 0.1) is 17.8 Å². The molecule has 0 radical (unpaired) electrons. The number of carbonyl (C=O) groups excluding carboxylic acids is 2. The number of benzene rings is 1. The Labute approximate surface area is 170 Å². The molecule has 3 aromatic rings. The predicted molar refractivity (Wildman–Crippen MR) is 106 cm³/mol. The van der Waals surface area contributed by atoms with Gasteiger partial charge >= 0.3 is 0 Å². The first-order chi connectivity index (χ1) is 13.4. The molecule has 1 N–H and O–H groups in total. The van der Waals surface area contributed by atoms with E-state index in [0.29, 0.717) is 16.3 Å². The van der Waals surface area contributed by atoms with Crippen LogP contribution in [0.3, 0.4) is 0 Å². The topological polar surface area (TPSA) is 81.3 Å². The number of Topliss-reactive ketones (excluding diaryl/α,β-unsaturated/α-hetero) is 1. The van der Waals surface area contributed by atoms with Crippen LogP contribution in [0.2, 0.25) is 10.0 Å². The largest absolute Gasteiger partial charge is 0.467 e. The third-order valence-electron chi connectivity index (χ3n) is 4.09. The number of hydrogen-bond acceptors (Lipinski definition) is 4. The molecule has 0 saturated carbocycles. The van der Waals surface area contributed by atoms with Gasteiger partial charge in [-0.1, -0.05) is 23.2 Å². The number of nitrogens with one attached hydrogen (secondary N) is 1. The fourth-order valence-electron chi connectivity index (χ4n) is 2.69. The minimum Gasteiger partial charge on any atom is -0.467 e. The van der Waals surface area contributed by atoms with Crippen LogP contribution in [0.1, 0.15) is 27.7 Å². The molecule has 6 nitrogen and oxygen atoms in total. The first kappa shape index (κ1) is 19.9. The Morgan fingerprint density at radius 2 is 1.96 bits per heavy atom. The average Bonchev–Trinajstić information content (AvgIpc) is 3.17. The summed E-state index contributed by atoms with van der Waals surface area (Å²) in [5.41, 5.74) is 0.286. The van der Waals surface area contributed by atoms with Crippen molar-refractivity contribution in [3.05, 3.63) is 92.2 Å². The van der Waals surface area contributed by atoms with Crippen molar-refractivity contribution in [2.24, 2.45) is 0 Å². The number of aromatic nitrogens is 1. The zero-order valence-corrected chi connectivity index (χ0v) is 16.3. The third kappa shape index (κ3) is 4.35. The van der Waals surface area contributed by atoms with Gasteiger partial charge in [-0.3, -0.25) is 19.0 Å². The van der Waals surface area contributed by atoms with Gasteiger partial charge in [0.1, 0.15) is 5.76 Å². The number of aryl methyl sites for hydroxylation is 1. The number of hydrogen-bond donors (Lipinski definition) is 1. The second-order valence-corrected chi connectivity index (χ2v) is 6.98. The van der Waals surface area contributed by atoms with Gasteiger partial charge in [-0.05, 0) is 48.9 Å². The molecule has 8 heteroatoms. The molecule has 28 heavy (non-hydrogen) atoms. The van der Waals surface area contributed by atoms with E-state index in [0.717, 1.165) is 4.57 Å². The van der Waals surface area contributed by atoms with Gasteiger partial charge in [0.2, 0.25) is 0 Å². The first-order valence-corrected chi connectivity index (χ1v) is 9.10. The fraction of sp³-hybridized carbons (Fsp3) is 0.150. The molecule has 2 aromatic heterocycles. The number of carbonyl (C=O) groups is 2. The molecule has 1 atom stereocenters. The van der Waals surface area contributed by atoms with E-state index in [-0.39, 0.29) is 17.1 Å². The Kier molecular flexibility index (Phi) is 6.02. The van der Waals surface area contributed by atoms with Crippen LogP contribution in [0.15, 0.2) is 64.1 Å². The number of rotatable bonds is 6. The summed E-state index contributed by atoms with van der Waals surface area (Å²) in [6.07, 6.45) is 2.88. The van der Waals surface area contributed by atoms with Crippen LogP contribution in [-0.4, -0.2) is 16.3 Å². The minimum absolute atomic E-state index is 0.0554. The van der Waals surface area contributed by atoms with Gasteiger partial charge in [0, 0.05) is 22.8 Å². The van der Waals surface area contributed by atoms with Crippen molar-refractivity contribution in [1.29, 1.82) is 0 Å². The number of amides is 1. The molecule has 0 saturated heterocycles. The molecule has 1 amide bonds. The maximum Gasteiger partial charge on any atom is 0.251 e. The third-order valence-corrected chi connectivity index (χ3v) is 4.65. The molecular weight excluding hydrogens is 403 g/mol. The van der Waals surface area contributed by atoms with Crippen molar-refractivity contribution >= 4 is 34.9 Å².